The van der Waals surface area contributed by atoms with Gasteiger partial charge in [0, 0.05) is 11.7 Å². The highest BCUT2D eigenvalue weighted by Crippen LogP contribution is 2.48. The van der Waals surface area contributed by atoms with E-state index >= 15 is 0 Å². The number of phenols is 1. The summed E-state index contributed by atoms with van der Waals surface area (Å²) in [7, 11) is 0. The first-order chi connectivity index (χ1) is 7.01. The molecule has 0 aromatic heterocycles. The number of nitrogens with one attached hydrogen (secondary N) is 1. The second kappa shape index (κ2) is 3.60. The van der Waals surface area contributed by atoms with E-state index in [1.807, 2.05) is 6.07 Å². The SMILES string of the molecule is CC(Nc1ccc(O)c(Cl)c1)C1(C)CC1. The molecule has 1 aromatic rings. The van der Waals surface area contributed by atoms with Crippen LogP contribution in [0.15, 0.2) is 18.2 Å². The van der Waals surface area contributed by atoms with Gasteiger partial charge in [0.05, 0.1) is 5.02 Å². The maximum Gasteiger partial charge on any atom is 0.134 e. The quantitative estimate of drug-likeness (QED) is 0.770. The molecule has 0 bridgehead atoms. The summed E-state index contributed by atoms with van der Waals surface area (Å²) in [5.41, 5.74) is 1.41. The molecule has 2 N–H and O–H groups in total. The lowest BCUT2D eigenvalue weighted by molar-refractivity contribution is 0.475. The van der Waals surface area contributed by atoms with Gasteiger partial charge in [-0.1, -0.05) is 18.5 Å². The molecule has 0 heterocycles. The van der Waals surface area contributed by atoms with Crippen LogP contribution >= 0.6 is 11.6 Å². The molecule has 2 rings (SSSR count). The van der Waals surface area contributed by atoms with Gasteiger partial charge in [0.2, 0.25) is 0 Å². The van der Waals surface area contributed by atoms with Gasteiger partial charge in [-0.05, 0) is 43.4 Å². The van der Waals surface area contributed by atoms with Crippen LogP contribution in [0.4, 0.5) is 5.69 Å². The average Bonchev–Trinajstić information content (AvgIpc) is 2.92. The fourth-order valence-corrected chi connectivity index (χ4v) is 1.83. The average molecular weight is 226 g/mol. The van der Waals surface area contributed by atoms with E-state index in [0.29, 0.717) is 16.5 Å². The van der Waals surface area contributed by atoms with E-state index < -0.39 is 0 Å². The molecule has 1 aliphatic carbocycles. The molecule has 1 fully saturated rings. The molecule has 2 nitrogen and oxygen atoms in total. The molecule has 0 radical (unpaired) electrons. The highest BCUT2D eigenvalue weighted by molar-refractivity contribution is 6.32. The third-order valence-corrected chi connectivity index (χ3v) is 3.72. The molecule has 1 aromatic carbocycles. The third kappa shape index (κ3) is 2.20. The summed E-state index contributed by atoms with van der Waals surface area (Å²) in [5, 5.41) is 13.1. The normalized spacial score (nSPS) is 19.7. The van der Waals surface area contributed by atoms with Crippen LogP contribution in [-0.2, 0) is 0 Å². The number of rotatable bonds is 3. The van der Waals surface area contributed by atoms with E-state index in [1.54, 1.807) is 12.1 Å². The first-order valence-corrected chi connectivity index (χ1v) is 5.64. The lowest BCUT2D eigenvalue weighted by atomic mass is 10.0. The monoisotopic (exact) mass is 225 g/mol. The van der Waals surface area contributed by atoms with Gasteiger partial charge < -0.3 is 10.4 Å². The molecule has 0 aliphatic heterocycles. The first-order valence-electron chi connectivity index (χ1n) is 5.26. The first kappa shape index (κ1) is 10.6. The topological polar surface area (TPSA) is 32.3 Å². The number of benzene rings is 1. The fourth-order valence-electron chi connectivity index (χ4n) is 1.65. The Balaban J connectivity index is 2.07. The zero-order valence-corrected chi connectivity index (χ0v) is 9.80. The van der Waals surface area contributed by atoms with Crippen LogP contribution in [0.1, 0.15) is 26.7 Å². The predicted octanol–water partition coefficient (Wildman–Crippen LogP) is 3.65. The lowest BCUT2D eigenvalue weighted by Gasteiger charge is -2.21. The van der Waals surface area contributed by atoms with E-state index in [0.717, 1.165) is 5.69 Å². The van der Waals surface area contributed by atoms with Crippen molar-refractivity contribution < 1.29 is 5.11 Å². The van der Waals surface area contributed by atoms with E-state index in [1.165, 1.54) is 12.8 Å². The molecule has 15 heavy (non-hydrogen) atoms. The zero-order valence-electron chi connectivity index (χ0n) is 9.05. The summed E-state index contributed by atoms with van der Waals surface area (Å²) in [6, 6.07) is 5.67. The van der Waals surface area contributed by atoms with Crippen molar-refractivity contribution in [3.63, 3.8) is 0 Å². The second-order valence-electron chi connectivity index (χ2n) is 4.69. The lowest BCUT2D eigenvalue weighted by Crippen LogP contribution is -2.24. The van der Waals surface area contributed by atoms with Crippen LogP contribution in [0.25, 0.3) is 0 Å². The van der Waals surface area contributed by atoms with Gasteiger partial charge in [0.15, 0.2) is 0 Å². The highest BCUT2D eigenvalue weighted by atomic mass is 35.5. The zero-order chi connectivity index (χ0) is 11.1. The smallest absolute Gasteiger partial charge is 0.134 e. The molecule has 1 atom stereocenters. The molecule has 1 saturated carbocycles. The van der Waals surface area contributed by atoms with E-state index in [-0.39, 0.29) is 5.75 Å². The Morgan fingerprint density at radius 1 is 1.47 bits per heavy atom. The number of aromatic hydroxyl groups is 1. The number of anilines is 1. The van der Waals surface area contributed by atoms with Gasteiger partial charge in [-0.15, -0.1) is 0 Å². The second-order valence-corrected chi connectivity index (χ2v) is 5.09. The standard InChI is InChI=1S/C12H16ClNO/c1-8(12(2)5-6-12)14-9-3-4-11(15)10(13)7-9/h3-4,7-8,14-15H,5-6H2,1-2H3. The number of hydrogen-bond donors (Lipinski definition) is 2. The maximum absolute atomic E-state index is 9.29. The van der Waals surface area contributed by atoms with Crippen LogP contribution in [0, 0.1) is 5.41 Å². The van der Waals surface area contributed by atoms with Crippen LogP contribution in [0.3, 0.4) is 0 Å². The van der Waals surface area contributed by atoms with Gasteiger partial charge in [-0.25, -0.2) is 0 Å². The summed E-state index contributed by atoms with van der Waals surface area (Å²) in [6.07, 6.45) is 2.57. The van der Waals surface area contributed by atoms with Crippen LogP contribution in [0.2, 0.25) is 5.02 Å². The number of phenolic OH excluding ortho intramolecular Hbond substituents is 1. The Labute approximate surface area is 95.3 Å². The van der Waals surface area contributed by atoms with Crippen molar-refractivity contribution in [1.29, 1.82) is 0 Å². The summed E-state index contributed by atoms with van der Waals surface area (Å²) >= 11 is 5.84. The largest absolute Gasteiger partial charge is 0.506 e. The van der Waals surface area contributed by atoms with Gasteiger partial charge in [0.1, 0.15) is 5.75 Å². The van der Waals surface area contributed by atoms with Gasteiger partial charge >= 0.3 is 0 Å². The molecular formula is C12H16ClNO. The Kier molecular flexibility index (Phi) is 2.55. The van der Waals surface area contributed by atoms with Crippen molar-refractivity contribution in [1.82, 2.24) is 0 Å². The predicted molar refractivity (Wildman–Crippen MR) is 63.5 cm³/mol. The molecule has 1 aliphatic rings. The Morgan fingerprint density at radius 2 is 2.13 bits per heavy atom. The number of hydrogen-bond acceptors (Lipinski definition) is 2. The van der Waals surface area contributed by atoms with Crippen molar-refractivity contribution in [3.05, 3.63) is 23.2 Å². The minimum absolute atomic E-state index is 0.132. The van der Waals surface area contributed by atoms with E-state index in [2.05, 4.69) is 19.2 Å². The van der Waals surface area contributed by atoms with Crippen molar-refractivity contribution in [2.24, 2.45) is 5.41 Å². The summed E-state index contributed by atoms with van der Waals surface area (Å²) in [6.45, 7) is 4.47. The molecule has 0 amide bonds. The van der Waals surface area contributed by atoms with Gasteiger partial charge in [-0.3, -0.25) is 0 Å². The molecule has 0 spiro atoms. The Hall–Kier alpha value is -0.890. The summed E-state index contributed by atoms with van der Waals surface area (Å²) in [4.78, 5) is 0. The molecule has 1 unspecified atom stereocenters. The van der Waals surface area contributed by atoms with Crippen LogP contribution < -0.4 is 5.32 Å². The molecule has 0 saturated heterocycles. The van der Waals surface area contributed by atoms with Crippen molar-refractivity contribution in [2.45, 2.75) is 32.7 Å². The van der Waals surface area contributed by atoms with E-state index in [9.17, 15) is 5.11 Å². The van der Waals surface area contributed by atoms with Gasteiger partial charge in [0.25, 0.3) is 0 Å². The summed E-state index contributed by atoms with van der Waals surface area (Å²) in [5.74, 6) is 0.132. The molecule has 82 valence electrons. The third-order valence-electron chi connectivity index (χ3n) is 3.41. The van der Waals surface area contributed by atoms with E-state index in [4.69, 9.17) is 11.6 Å². The minimum Gasteiger partial charge on any atom is -0.506 e. The Morgan fingerprint density at radius 3 is 2.67 bits per heavy atom. The van der Waals surface area contributed by atoms with Gasteiger partial charge in [-0.2, -0.15) is 0 Å². The van der Waals surface area contributed by atoms with Crippen LogP contribution in [-0.4, -0.2) is 11.1 Å². The highest BCUT2D eigenvalue weighted by Gasteiger charge is 2.42. The fraction of sp³-hybridized carbons (Fsp3) is 0.500. The molecular weight excluding hydrogens is 210 g/mol. The Bertz CT molecular complexity index is 374. The van der Waals surface area contributed by atoms with Crippen molar-refractivity contribution >= 4 is 17.3 Å². The van der Waals surface area contributed by atoms with Crippen molar-refractivity contribution in [3.8, 4) is 5.75 Å². The molecule has 3 heteroatoms. The van der Waals surface area contributed by atoms with Crippen molar-refractivity contribution in [2.75, 3.05) is 5.32 Å². The van der Waals surface area contributed by atoms with Crippen LogP contribution in [0.5, 0.6) is 5.75 Å². The number of halogens is 1. The maximum atomic E-state index is 9.29. The minimum atomic E-state index is 0.132. The summed E-state index contributed by atoms with van der Waals surface area (Å²) < 4.78 is 0.